The number of anilines is 1. The van der Waals surface area contributed by atoms with Gasteiger partial charge in [-0.2, -0.15) is 0 Å². The van der Waals surface area contributed by atoms with E-state index >= 15 is 0 Å². The Morgan fingerprint density at radius 2 is 2.19 bits per heavy atom. The first kappa shape index (κ1) is 15.3. The van der Waals surface area contributed by atoms with Crippen LogP contribution in [0.1, 0.15) is 24.3 Å². The zero-order chi connectivity index (χ0) is 15.4. The molecule has 3 N–H and O–H groups in total. The molecule has 2 rings (SSSR count). The van der Waals surface area contributed by atoms with Crippen molar-refractivity contribution in [3.05, 3.63) is 52.0 Å². The minimum absolute atomic E-state index is 0.102. The summed E-state index contributed by atoms with van der Waals surface area (Å²) in [6.07, 6.45) is 0. The normalized spacial score (nSPS) is 11.9. The summed E-state index contributed by atoms with van der Waals surface area (Å²) in [6, 6.07) is 8.76. The molecule has 1 heterocycles. The summed E-state index contributed by atoms with van der Waals surface area (Å²) in [4.78, 5) is 3.15. The van der Waals surface area contributed by atoms with E-state index in [9.17, 15) is 4.39 Å². The van der Waals surface area contributed by atoms with Gasteiger partial charge in [-0.1, -0.05) is 11.2 Å². The van der Waals surface area contributed by atoms with Crippen molar-refractivity contribution in [3.63, 3.8) is 0 Å². The van der Waals surface area contributed by atoms with Crippen molar-refractivity contribution in [2.45, 2.75) is 26.4 Å². The number of nitrogens with zero attached hydrogens (tertiary/aromatic N) is 2. The average Bonchev–Trinajstić information content (AvgIpc) is 2.97. The zero-order valence-electron chi connectivity index (χ0n) is 12.0. The summed E-state index contributed by atoms with van der Waals surface area (Å²) in [6.45, 7) is 4.68. The number of amidine groups is 1. The van der Waals surface area contributed by atoms with E-state index in [1.165, 1.54) is 10.9 Å². The molecule has 1 aromatic carbocycles. The molecule has 0 bridgehead atoms. The minimum Gasteiger partial charge on any atom is -0.409 e. The maximum atomic E-state index is 14.4. The van der Waals surface area contributed by atoms with E-state index < -0.39 is 0 Å². The Morgan fingerprint density at radius 1 is 1.43 bits per heavy atom. The minimum atomic E-state index is -0.385. The van der Waals surface area contributed by atoms with Crippen LogP contribution in [0.15, 0.2) is 40.9 Å². The zero-order valence-corrected chi connectivity index (χ0v) is 12.8. The standard InChI is InChI=1S/C15H18FN3OS/c1-10(2)19(9-12-4-3-7-21-12)14-6-5-11(8-13(14)16)15(17)18-20/h3-8,10,20H,9H2,1-2H3,(H2,17,18). The summed E-state index contributed by atoms with van der Waals surface area (Å²) in [5.41, 5.74) is 6.35. The van der Waals surface area contributed by atoms with Gasteiger partial charge in [-0.05, 0) is 43.5 Å². The second kappa shape index (κ2) is 6.58. The third-order valence-electron chi connectivity index (χ3n) is 3.19. The van der Waals surface area contributed by atoms with Crippen LogP contribution in [0.3, 0.4) is 0 Å². The highest BCUT2D eigenvalue weighted by molar-refractivity contribution is 7.09. The Kier molecular flexibility index (Phi) is 4.80. The predicted molar refractivity (Wildman–Crippen MR) is 84.5 cm³/mol. The number of hydrogen-bond acceptors (Lipinski definition) is 4. The first-order chi connectivity index (χ1) is 10.0. The second-order valence-electron chi connectivity index (χ2n) is 4.95. The van der Waals surface area contributed by atoms with E-state index in [2.05, 4.69) is 5.16 Å². The molecule has 112 valence electrons. The largest absolute Gasteiger partial charge is 0.409 e. The highest BCUT2D eigenvalue weighted by atomic mass is 32.1. The summed E-state index contributed by atoms with van der Waals surface area (Å²) in [5.74, 6) is -0.487. The Labute approximate surface area is 127 Å². The number of nitrogens with two attached hydrogens (primary N) is 1. The molecule has 0 aliphatic rings. The Hall–Kier alpha value is -2.08. The Balaban J connectivity index is 2.32. The Morgan fingerprint density at radius 3 is 2.71 bits per heavy atom. The van der Waals surface area contributed by atoms with Crippen LogP contribution >= 0.6 is 11.3 Å². The van der Waals surface area contributed by atoms with Gasteiger partial charge < -0.3 is 15.8 Å². The SMILES string of the molecule is CC(C)N(Cc1cccs1)c1ccc(C(N)=NO)cc1F. The molecule has 0 unspecified atom stereocenters. The summed E-state index contributed by atoms with van der Waals surface area (Å²) in [5, 5.41) is 13.5. The van der Waals surface area contributed by atoms with Crippen LogP contribution < -0.4 is 10.6 Å². The van der Waals surface area contributed by atoms with Crippen molar-refractivity contribution in [1.29, 1.82) is 0 Å². The van der Waals surface area contributed by atoms with Gasteiger partial charge in [0.2, 0.25) is 0 Å². The molecule has 0 aliphatic carbocycles. The summed E-state index contributed by atoms with van der Waals surface area (Å²) in [7, 11) is 0. The van der Waals surface area contributed by atoms with Crippen molar-refractivity contribution < 1.29 is 9.60 Å². The van der Waals surface area contributed by atoms with E-state index in [0.29, 0.717) is 17.8 Å². The first-order valence-corrected chi connectivity index (χ1v) is 7.47. The quantitative estimate of drug-likeness (QED) is 0.385. The molecular formula is C15H18FN3OS. The lowest BCUT2D eigenvalue weighted by atomic mass is 10.1. The molecule has 4 nitrogen and oxygen atoms in total. The second-order valence-corrected chi connectivity index (χ2v) is 5.98. The molecule has 0 fully saturated rings. The predicted octanol–water partition coefficient (Wildman–Crippen LogP) is 3.40. The van der Waals surface area contributed by atoms with Crippen molar-refractivity contribution in [2.24, 2.45) is 10.9 Å². The lowest BCUT2D eigenvalue weighted by Crippen LogP contribution is -2.30. The molecule has 0 saturated carbocycles. The van der Waals surface area contributed by atoms with Gasteiger partial charge in [0.15, 0.2) is 5.84 Å². The fraction of sp³-hybridized carbons (Fsp3) is 0.267. The maximum absolute atomic E-state index is 14.4. The van der Waals surface area contributed by atoms with Gasteiger partial charge in [0, 0.05) is 16.5 Å². The van der Waals surface area contributed by atoms with Gasteiger partial charge in [0.05, 0.1) is 12.2 Å². The van der Waals surface area contributed by atoms with Gasteiger partial charge in [0.25, 0.3) is 0 Å². The van der Waals surface area contributed by atoms with Gasteiger partial charge in [-0.15, -0.1) is 11.3 Å². The van der Waals surface area contributed by atoms with E-state index in [0.717, 1.165) is 0 Å². The summed E-state index contributed by atoms with van der Waals surface area (Å²) >= 11 is 1.64. The van der Waals surface area contributed by atoms with Gasteiger partial charge in [-0.25, -0.2) is 4.39 Å². The molecule has 2 aromatic rings. The molecule has 0 spiro atoms. The van der Waals surface area contributed by atoms with Crippen LogP contribution in [0.5, 0.6) is 0 Å². The molecule has 0 saturated heterocycles. The van der Waals surface area contributed by atoms with Crippen LogP contribution in [0, 0.1) is 5.82 Å². The van der Waals surface area contributed by atoms with Crippen LogP contribution in [0.4, 0.5) is 10.1 Å². The first-order valence-electron chi connectivity index (χ1n) is 6.59. The molecule has 1 aromatic heterocycles. The molecule has 0 radical (unpaired) electrons. The van der Waals surface area contributed by atoms with Crippen molar-refractivity contribution in [2.75, 3.05) is 4.90 Å². The van der Waals surface area contributed by atoms with Crippen LogP contribution in [-0.2, 0) is 6.54 Å². The molecular weight excluding hydrogens is 289 g/mol. The number of halogens is 1. The van der Waals surface area contributed by atoms with Gasteiger partial charge >= 0.3 is 0 Å². The molecule has 21 heavy (non-hydrogen) atoms. The summed E-state index contributed by atoms with van der Waals surface area (Å²) < 4.78 is 14.4. The third kappa shape index (κ3) is 3.52. The number of rotatable bonds is 5. The lowest BCUT2D eigenvalue weighted by molar-refractivity contribution is 0.318. The topological polar surface area (TPSA) is 61.8 Å². The highest BCUT2D eigenvalue weighted by Crippen LogP contribution is 2.25. The van der Waals surface area contributed by atoms with E-state index in [-0.39, 0.29) is 17.7 Å². The van der Waals surface area contributed by atoms with E-state index in [1.807, 2.05) is 36.3 Å². The van der Waals surface area contributed by atoms with E-state index in [1.54, 1.807) is 23.5 Å². The van der Waals surface area contributed by atoms with Crippen LogP contribution in [0.2, 0.25) is 0 Å². The fourth-order valence-corrected chi connectivity index (χ4v) is 2.78. The van der Waals surface area contributed by atoms with Gasteiger partial charge in [-0.3, -0.25) is 0 Å². The van der Waals surface area contributed by atoms with Crippen LogP contribution in [0.25, 0.3) is 0 Å². The average molecular weight is 307 g/mol. The Bertz CT molecular complexity index is 626. The number of thiophene rings is 1. The van der Waals surface area contributed by atoms with Crippen LogP contribution in [-0.4, -0.2) is 17.1 Å². The fourth-order valence-electron chi connectivity index (χ4n) is 2.07. The smallest absolute Gasteiger partial charge is 0.170 e. The van der Waals surface area contributed by atoms with Crippen molar-refractivity contribution in [1.82, 2.24) is 0 Å². The monoisotopic (exact) mass is 307 g/mol. The lowest BCUT2D eigenvalue weighted by Gasteiger charge is -2.29. The number of oxime groups is 1. The molecule has 6 heteroatoms. The number of hydrogen-bond donors (Lipinski definition) is 2. The molecule has 0 aliphatic heterocycles. The number of benzene rings is 1. The van der Waals surface area contributed by atoms with Gasteiger partial charge in [0.1, 0.15) is 5.82 Å². The third-order valence-corrected chi connectivity index (χ3v) is 4.05. The van der Waals surface area contributed by atoms with Crippen molar-refractivity contribution >= 4 is 22.9 Å². The van der Waals surface area contributed by atoms with E-state index in [4.69, 9.17) is 10.9 Å². The molecule has 0 amide bonds. The molecule has 0 atom stereocenters. The maximum Gasteiger partial charge on any atom is 0.170 e. The highest BCUT2D eigenvalue weighted by Gasteiger charge is 2.17. The van der Waals surface area contributed by atoms with Crippen molar-refractivity contribution in [3.8, 4) is 0 Å².